The highest BCUT2D eigenvalue weighted by Gasteiger charge is 2.22. The van der Waals surface area contributed by atoms with Crippen LogP contribution in [0.25, 0.3) is 5.52 Å². The molecule has 0 saturated carbocycles. The number of nitrogens with one attached hydrogen (secondary N) is 1. The number of hydrogen-bond donors (Lipinski definition) is 3. The molecule has 30 heavy (non-hydrogen) atoms. The number of fused-ring (bicyclic) bond motifs is 1. The maximum atomic E-state index is 14.2. The minimum atomic E-state index is -0.984. The Balaban J connectivity index is 1.48. The first-order valence-corrected chi connectivity index (χ1v) is 9.73. The third kappa shape index (κ3) is 4.43. The van der Waals surface area contributed by atoms with Crippen molar-refractivity contribution in [3.05, 3.63) is 48.2 Å². The second-order valence-electron chi connectivity index (χ2n) is 7.40. The van der Waals surface area contributed by atoms with E-state index in [4.69, 9.17) is 15.6 Å². The van der Waals surface area contributed by atoms with Crippen molar-refractivity contribution in [2.24, 2.45) is 5.92 Å². The molecule has 1 amide bonds. The molecule has 4 N–H and O–H groups in total. The SMILES string of the molecule is Nc1ccc(Oc2ncnn3ccc(CN4CCC(CNC(=O)O)CC4)c23)c(F)c1. The first-order chi connectivity index (χ1) is 14.5. The Morgan fingerprint density at radius 3 is 2.87 bits per heavy atom. The van der Waals surface area contributed by atoms with Crippen molar-refractivity contribution in [2.45, 2.75) is 19.4 Å². The highest BCUT2D eigenvalue weighted by molar-refractivity contribution is 5.64. The number of piperidine rings is 1. The first kappa shape index (κ1) is 19.9. The van der Waals surface area contributed by atoms with Gasteiger partial charge in [-0.05, 0) is 55.6 Å². The Bertz CT molecular complexity index is 1050. The van der Waals surface area contributed by atoms with Gasteiger partial charge >= 0.3 is 6.09 Å². The van der Waals surface area contributed by atoms with Crippen LogP contribution in [0.1, 0.15) is 18.4 Å². The fourth-order valence-corrected chi connectivity index (χ4v) is 3.72. The average Bonchev–Trinajstić information content (AvgIpc) is 3.13. The van der Waals surface area contributed by atoms with Crippen molar-refractivity contribution in [2.75, 3.05) is 25.4 Å². The molecule has 3 heterocycles. The monoisotopic (exact) mass is 414 g/mol. The number of carboxylic acid groups (broad SMARTS) is 1. The zero-order valence-electron chi connectivity index (χ0n) is 16.3. The third-order valence-corrected chi connectivity index (χ3v) is 5.31. The topological polar surface area (TPSA) is 118 Å². The lowest BCUT2D eigenvalue weighted by atomic mass is 9.96. The lowest BCUT2D eigenvalue weighted by Crippen LogP contribution is -2.38. The second kappa shape index (κ2) is 8.54. The Labute approximate surface area is 172 Å². The number of amides is 1. The lowest BCUT2D eigenvalue weighted by molar-refractivity contribution is 0.166. The number of likely N-dealkylation sites (tertiary alicyclic amines) is 1. The van der Waals surface area contributed by atoms with Crippen LogP contribution in [0.5, 0.6) is 11.6 Å². The van der Waals surface area contributed by atoms with E-state index in [2.05, 4.69) is 20.3 Å². The van der Waals surface area contributed by atoms with Gasteiger partial charge in [0.2, 0.25) is 5.88 Å². The summed E-state index contributed by atoms with van der Waals surface area (Å²) in [4.78, 5) is 17.2. The van der Waals surface area contributed by atoms with Gasteiger partial charge in [-0.1, -0.05) is 0 Å². The first-order valence-electron chi connectivity index (χ1n) is 9.73. The number of hydrogen-bond acceptors (Lipinski definition) is 6. The van der Waals surface area contributed by atoms with Crippen LogP contribution >= 0.6 is 0 Å². The molecule has 9 nitrogen and oxygen atoms in total. The van der Waals surface area contributed by atoms with Crippen LogP contribution in [0.4, 0.5) is 14.9 Å². The van der Waals surface area contributed by atoms with E-state index in [1.165, 1.54) is 18.5 Å². The standard InChI is InChI=1S/C20H23FN6O3/c21-16-9-15(22)1-2-17(16)30-19-18-14(5-8-27(18)25-12-24-19)11-26-6-3-13(4-7-26)10-23-20(28)29/h1-2,5,8-9,12-13,23H,3-4,6-7,10-11,22H2,(H,28,29). The molecule has 2 aromatic heterocycles. The number of benzene rings is 1. The van der Waals surface area contributed by atoms with Crippen LogP contribution in [0.2, 0.25) is 0 Å². The number of nitrogen functional groups attached to an aromatic ring is 1. The normalized spacial score (nSPS) is 15.4. The highest BCUT2D eigenvalue weighted by Crippen LogP contribution is 2.30. The molecule has 0 radical (unpaired) electrons. The van der Waals surface area contributed by atoms with Crippen molar-refractivity contribution < 1.29 is 19.0 Å². The Morgan fingerprint density at radius 1 is 1.33 bits per heavy atom. The van der Waals surface area contributed by atoms with E-state index in [1.807, 2.05) is 12.3 Å². The number of carbonyl (C=O) groups is 1. The summed E-state index contributed by atoms with van der Waals surface area (Å²) in [5, 5.41) is 15.4. The molecule has 1 fully saturated rings. The summed E-state index contributed by atoms with van der Waals surface area (Å²) in [6.07, 6.45) is 4.04. The molecule has 1 aliphatic heterocycles. The molecule has 1 aromatic carbocycles. The largest absolute Gasteiger partial charge is 0.465 e. The molecule has 0 spiro atoms. The van der Waals surface area contributed by atoms with Crippen molar-refractivity contribution in [1.29, 1.82) is 0 Å². The molecule has 10 heteroatoms. The quantitative estimate of drug-likeness (QED) is 0.531. The molecule has 4 rings (SSSR count). The van der Waals surface area contributed by atoms with Crippen molar-refractivity contribution in [1.82, 2.24) is 24.8 Å². The van der Waals surface area contributed by atoms with Crippen molar-refractivity contribution in [3.63, 3.8) is 0 Å². The van der Waals surface area contributed by atoms with E-state index < -0.39 is 11.9 Å². The maximum Gasteiger partial charge on any atom is 0.404 e. The van der Waals surface area contributed by atoms with E-state index >= 15 is 0 Å². The molecular weight excluding hydrogens is 391 g/mol. The van der Waals surface area contributed by atoms with Gasteiger partial charge in [0.1, 0.15) is 11.8 Å². The van der Waals surface area contributed by atoms with Gasteiger partial charge in [0.25, 0.3) is 0 Å². The van der Waals surface area contributed by atoms with Gasteiger partial charge in [-0.15, -0.1) is 0 Å². The summed E-state index contributed by atoms with van der Waals surface area (Å²) in [5.74, 6) is 0.105. The zero-order valence-corrected chi connectivity index (χ0v) is 16.3. The summed E-state index contributed by atoms with van der Waals surface area (Å²) < 4.78 is 21.6. The van der Waals surface area contributed by atoms with Gasteiger partial charge in [0.05, 0.1) is 0 Å². The van der Waals surface area contributed by atoms with E-state index in [9.17, 15) is 9.18 Å². The molecule has 0 unspecified atom stereocenters. The van der Waals surface area contributed by atoms with Crippen LogP contribution in [-0.4, -0.2) is 50.3 Å². The number of aromatic nitrogens is 3. The van der Waals surface area contributed by atoms with E-state index in [1.54, 1.807) is 10.6 Å². The van der Waals surface area contributed by atoms with Crippen molar-refractivity contribution in [3.8, 4) is 11.6 Å². The van der Waals surface area contributed by atoms with Crippen LogP contribution in [0, 0.1) is 11.7 Å². The van der Waals surface area contributed by atoms with Gasteiger partial charge in [-0.25, -0.2) is 13.7 Å². The fourth-order valence-electron chi connectivity index (χ4n) is 3.72. The van der Waals surface area contributed by atoms with Crippen LogP contribution in [0.15, 0.2) is 36.8 Å². The summed E-state index contributed by atoms with van der Waals surface area (Å²) in [7, 11) is 0. The number of halogens is 1. The molecule has 158 valence electrons. The minimum Gasteiger partial charge on any atom is -0.465 e. The van der Waals surface area contributed by atoms with Gasteiger partial charge in [-0.3, -0.25) is 4.90 Å². The smallest absolute Gasteiger partial charge is 0.404 e. The van der Waals surface area contributed by atoms with Crippen LogP contribution in [0.3, 0.4) is 0 Å². The summed E-state index contributed by atoms with van der Waals surface area (Å²) in [5.41, 5.74) is 7.58. The second-order valence-corrected chi connectivity index (χ2v) is 7.40. The molecular formula is C20H23FN6O3. The predicted molar refractivity (Wildman–Crippen MR) is 108 cm³/mol. The molecule has 0 aliphatic carbocycles. The molecule has 1 aliphatic rings. The molecule has 0 bridgehead atoms. The number of nitrogens with two attached hydrogens (primary N) is 1. The van der Waals surface area contributed by atoms with Crippen LogP contribution < -0.4 is 15.8 Å². The number of nitrogens with zero attached hydrogens (tertiary/aromatic N) is 4. The van der Waals surface area contributed by atoms with E-state index in [0.29, 0.717) is 30.2 Å². The Hall–Kier alpha value is -3.40. The Kier molecular flexibility index (Phi) is 5.66. The van der Waals surface area contributed by atoms with Gasteiger partial charge < -0.3 is 20.9 Å². The third-order valence-electron chi connectivity index (χ3n) is 5.31. The highest BCUT2D eigenvalue weighted by atomic mass is 19.1. The summed E-state index contributed by atoms with van der Waals surface area (Å²) in [6, 6.07) is 6.20. The average molecular weight is 414 g/mol. The van der Waals surface area contributed by atoms with Gasteiger partial charge in [0, 0.05) is 31.0 Å². The molecule has 3 aromatic rings. The fraction of sp³-hybridized carbons (Fsp3) is 0.350. The number of anilines is 1. The van der Waals surface area contributed by atoms with E-state index in [-0.39, 0.29) is 11.6 Å². The molecule has 0 atom stereocenters. The summed E-state index contributed by atoms with van der Waals surface area (Å²) in [6.45, 7) is 2.88. The molecule has 1 saturated heterocycles. The minimum absolute atomic E-state index is 0.0451. The van der Waals surface area contributed by atoms with Crippen molar-refractivity contribution >= 4 is 17.3 Å². The maximum absolute atomic E-state index is 14.2. The number of ether oxygens (including phenoxy) is 1. The lowest BCUT2D eigenvalue weighted by Gasteiger charge is -2.31. The van der Waals surface area contributed by atoms with Gasteiger partial charge in [-0.2, -0.15) is 10.1 Å². The zero-order chi connectivity index (χ0) is 21.1. The number of rotatable bonds is 6. The summed E-state index contributed by atoms with van der Waals surface area (Å²) >= 11 is 0. The van der Waals surface area contributed by atoms with E-state index in [0.717, 1.165) is 31.5 Å². The Morgan fingerprint density at radius 2 is 2.13 bits per heavy atom. The van der Waals surface area contributed by atoms with Gasteiger partial charge in [0.15, 0.2) is 11.6 Å². The van der Waals surface area contributed by atoms with Crippen LogP contribution in [-0.2, 0) is 6.54 Å². The predicted octanol–water partition coefficient (Wildman–Crippen LogP) is 2.72.